The first-order chi connectivity index (χ1) is 43.3. The summed E-state index contributed by atoms with van der Waals surface area (Å²) in [5.74, 6) is 0.0967. The van der Waals surface area contributed by atoms with Gasteiger partial charge >= 0.3 is 39.5 Å². The summed E-state index contributed by atoms with van der Waals surface area (Å²) in [4.78, 5) is 72.6. The van der Waals surface area contributed by atoms with E-state index in [9.17, 15) is 43.2 Å². The molecule has 7 atom stereocenters. The van der Waals surface area contributed by atoms with E-state index in [2.05, 4.69) is 72.8 Å². The SMILES string of the molecule is CCCCCC/C=C\C=C/CCCCCCCC(=O)O[C@H](COC(=O)CCCCCCCCCCC(C)CC)COP(=O)(O)OC[C@@H](O)COP(=O)(O)OC[C@@H](COC(=O)CCCCCCCCC(C)CC)OC(=O)CCCCCCCCCCCCC(C)C. The van der Waals surface area contributed by atoms with Gasteiger partial charge in [-0.15, -0.1) is 0 Å². The molecule has 0 aromatic rings. The molecule has 0 rings (SSSR count). The summed E-state index contributed by atoms with van der Waals surface area (Å²) in [6.45, 7) is 11.7. The van der Waals surface area contributed by atoms with Gasteiger partial charge in [-0.3, -0.25) is 37.3 Å². The summed E-state index contributed by atoms with van der Waals surface area (Å²) in [6.07, 6.45) is 48.0. The van der Waals surface area contributed by atoms with Crippen LogP contribution in [0, 0.1) is 17.8 Å². The molecule has 0 fully saturated rings. The van der Waals surface area contributed by atoms with Crippen LogP contribution in [0.1, 0.15) is 331 Å². The van der Waals surface area contributed by atoms with Crippen LogP contribution in [0.3, 0.4) is 0 Å². The normalized spacial score (nSPS) is 15.0. The monoisotopic (exact) mass is 1320 g/mol. The summed E-state index contributed by atoms with van der Waals surface area (Å²) >= 11 is 0. The van der Waals surface area contributed by atoms with Crippen LogP contribution in [-0.4, -0.2) is 96.7 Å². The number of hydrogen-bond acceptors (Lipinski definition) is 15. The highest BCUT2D eigenvalue weighted by atomic mass is 31.2. The molecule has 17 nitrogen and oxygen atoms in total. The van der Waals surface area contributed by atoms with Gasteiger partial charge in [0.25, 0.3) is 0 Å². The summed E-state index contributed by atoms with van der Waals surface area (Å²) < 4.78 is 68.3. The van der Waals surface area contributed by atoms with Gasteiger partial charge in [0, 0.05) is 25.7 Å². The van der Waals surface area contributed by atoms with Gasteiger partial charge < -0.3 is 33.8 Å². The number of ether oxygens (including phenoxy) is 4. The predicted molar refractivity (Wildman–Crippen MR) is 363 cm³/mol. The second-order valence-electron chi connectivity index (χ2n) is 25.9. The van der Waals surface area contributed by atoms with Crippen LogP contribution >= 0.6 is 15.6 Å². The van der Waals surface area contributed by atoms with Crippen molar-refractivity contribution in [3.05, 3.63) is 24.3 Å². The Labute approximate surface area is 548 Å². The van der Waals surface area contributed by atoms with Crippen molar-refractivity contribution in [1.29, 1.82) is 0 Å². The highest BCUT2D eigenvalue weighted by Crippen LogP contribution is 2.45. The lowest BCUT2D eigenvalue weighted by molar-refractivity contribution is -0.161. The number of unbranched alkanes of at least 4 members (excludes halogenated alkanes) is 30. The lowest BCUT2D eigenvalue weighted by Gasteiger charge is -2.21. The highest BCUT2D eigenvalue weighted by molar-refractivity contribution is 7.47. The van der Waals surface area contributed by atoms with Crippen LogP contribution in [0.5, 0.6) is 0 Å². The molecule has 0 aliphatic heterocycles. The lowest BCUT2D eigenvalue weighted by Crippen LogP contribution is -2.30. The van der Waals surface area contributed by atoms with Crippen LogP contribution in [0.4, 0.5) is 0 Å². The predicted octanol–water partition coefficient (Wildman–Crippen LogP) is 19.8. The number of carbonyl (C=O) groups is 4. The molecule has 0 aromatic heterocycles. The van der Waals surface area contributed by atoms with E-state index < -0.39 is 97.5 Å². The van der Waals surface area contributed by atoms with Crippen molar-refractivity contribution in [1.82, 2.24) is 0 Å². The molecule has 0 aromatic carbocycles. The summed E-state index contributed by atoms with van der Waals surface area (Å²) in [5.41, 5.74) is 0. The van der Waals surface area contributed by atoms with E-state index in [1.54, 1.807) is 0 Å². The fraction of sp³-hybridized carbons (Fsp3) is 0.887. The first-order valence-corrected chi connectivity index (χ1v) is 39.2. The van der Waals surface area contributed by atoms with Crippen molar-refractivity contribution in [2.24, 2.45) is 17.8 Å². The second-order valence-corrected chi connectivity index (χ2v) is 28.8. The third kappa shape index (κ3) is 61.7. The molecule has 4 unspecified atom stereocenters. The molecular weight excluding hydrogens is 1190 g/mol. The lowest BCUT2D eigenvalue weighted by atomic mass is 9.99. The Morgan fingerprint density at radius 2 is 0.656 bits per heavy atom. The van der Waals surface area contributed by atoms with Crippen molar-refractivity contribution in [3.8, 4) is 0 Å². The fourth-order valence-corrected chi connectivity index (χ4v) is 11.7. The molecule has 19 heteroatoms. The molecule has 0 heterocycles. The average molecular weight is 1320 g/mol. The Morgan fingerprint density at radius 3 is 0.989 bits per heavy atom. The van der Waals surface area contributed by atoms with Gasteiger partial charge in [-0.25, -0.2) is 9.13 Å². The Kier molecular flexibility index (Phi) is 59.7. The van der Waals surface area contributed by atoms with E-state index in [4.69, 9.17) is 37.0 Å². The molecule has 90 heavy (non-hydrogen) atoms. The van der Waals surface area contributed by atoms with Gasteiger partial charge in [-0.1, -0.05) is 278 Å². The molecule has 530 valence electrons. The largest absolute Gasteiger partial charge is 0.472 e. The van der Waals surface area contributed by atoms with Crippen molar-refractivity contribution >= 4 is 39.5 Å². The van der Waals surface area contributed by atoms with Gasteiger partial charge in [-0.2, -0.15) is 0 Å². The zero-order valence-corrected chi connectivity index (χ0v) is 59.9. The van der Waals surface area contributed by atoms with Gasteiger partial charge in [-0.05, 0) is 69.1 Å². The standard InChI is InChI=1S/C71H134O17P2/c1-8-11-12-13-14-15-16-17-18-19-20-24-31-40-47-54-70(75)87-66(58-81-68(73)52-45-38-30-27-26-29-36-43-50-63(6)9-2)60-85-89(77,78)83-56-65(72)57-84-90(79,80)86-61-67(59-82-69(74)53-46-39-34-33-37-44-51-64(7)10-3)88-71(76)55-48-41-32-25-22-21-23-28-35-42-49-62(4)5/h15-18,62-67,72H,8-14,19-61H2,1-7H3,(H,77,78)(H,79,80)/b16-15-,18-17-/t63?,64?,65-,66-,67-/m1/s1. The number of phosphoric ester groups is 2. The summed E-state index contributed by atoms with van der Waals surface area (Å²) in [6, 6.07) is 0. The fourth-order valence-electron chi connectivity index (χ4n) is 10.1. The summed E-state index contributed by atoms with van der Waals surface area (Å²) in [5, 5.41) is 10.6. The van der Waals surface area contributed by atoms with Crippen molar-refractivity contribution in [2.45, 2.75) is 349 Å². The minimum atomic E-state index is -4.96. The first kappa shape index (κ1) is 87.5. The van der Waals surface area contributed by atoms with E-state index in [0.717, 1.165) is 127 Å². The number of allylic oxidation sites excluding steroid dienone is 4. The van der Waals surface area contributed by atoms with Gasteiger partial charge in [0.05, 0.1) is 26.4 Å². The van der Waals surface area contributed by atoms with E-state index in [1.165, 1.54) is 122 Å². The number of aliphatic hydroxyl groups excluding tert-OH is 1. The van der Waals surface area contributed by atoms with Crippen molar-refractivity contribution in [3.63, 3.8) is 0 Å². The maximum atomic E-state index is 13.0. The van der Waals surface area contributed by atoms with Crippen LogP contribution in [0.15, 0.2) is 24.3 Å². The minimum Gasteiger partial charge on any atom is -0.462 e. The maximum absolute atomic E-state index is 13.0. The molecule has 0 spiro atoms. The molecule has 0 amide bonds. The Hall–Kier alpha value is -2.46. The molecule has 0 radical (unpaired) electrons. The van der Waals surface area contributed by atoms with Crippen LogP contribution in [0.25, 0.3) is 0 Å². The number of rotatable bonds is 67. The molecule has 0 bridgehead atoms. The van der Waals surface area contributed by atoms with Crippen LogP contribution in [-0.2, 0) is 65.4 Å². The van der Waals surface area contributed by atoms with Gasteiger partial charge in [0.2, 0.25) is 0 Å². The third-order valence-electron chi connectivity index (χ3n) is 16.5. The quantitative estimate of drug-likeness (QED) is 0.0169. The molecular formula is C71H134O17P2. The molecule has 0 aliphatic carbocycles. The third-order valence-corrected chi connectivity index (χ3v) is 18.4. The zero-order chi connectivity index (χ0) is 66.6. The van der Waals surface area contributed by atoms with Gasteiger partial charge in [0.1, 0.15) is 19.3 Å². The van der Waals surface area contributed by atoms with Crippen LogP contribution in [0.2, 0.25) is 0 Å². The number of aliphatic hydroxyl groups is 1. The maximum Gasteiger partial charge on any atom is 0.472 e. The first-order valence-electron chi connectivity index (χ1n) is 36.2. The minimum absolute atomic E-state index is 0.0840. The zero-order valence-electron chi connectivity index (χ0n) is 58.1. The van der Waals surface area contributed by atoms with Crippen LogP contribution < -0.4 is 0 Å². The smallest absolute Gasteiger partial charge is 0.462 e. The van der Waals surface area contributed by atoms with E-state index >= 15 is 0 Å². The van der Waals surface area contributed by atoms with Crippen molar-refractivity contribution in [2.75, 3.05) is 39.6 Å². The highest BCUT2D eigenvalue weighted by Gasteiger charge is 2.30. The molecule has 3 N–H and O–H groups in total. The molecule has 0 saturated carbocycles. The Bertz CT molecular complexity index is 1860. The molecule has 0 saturated heterocycles. The second kappa shape index (κ2) is 61.4. The number of carbonyl (C=O) groups excluding carboxylic acids is 4. The Morgan fingerprint density at radius 1 is 0.367 bits per heavy atom. The Balaban J connectivity index is 5.31. The number of hydrogen-bond donors (Lipinski definition) is 3. The van der Waals surface area contributed by atoms with E-state index in [-0.39, 0.29) is 25.7 Å². The summed E-state index contributed by atoms with van der Waals surface area (Å²) in [7, 11) is -9.92. The van der Waals surface area contributed by atoms with Gasteiger partial charge in [0.15, 0.2) is 12.2 Å². The average Bonchev–Trinajstić information content (AvgIpc) is 3.70. The molecule has 0 aliphatic rings. The topological polar surface area (TPSA) is 237 Å². The van der Waals surface area contributed by atoms with E-state index in [0.29, 0.717) is 25.7 Å². The van der Waals surface area contributed by atoms with Crippen molar-refractivity contribution < 1.29 is 80.2 Å². The number of esters is 4. The number of phosphoric acid groups is 2. The van der Waals surface area contributed by atoms with E-state index in [1.807, 2.05) is 0 Å².